The van der Waals surface area contributed by atoms with Crippen molar-refractivity contribution in [3.05, 3.63) is 46.7 Å². The largest absolute Gasteiger partial charge is 0.492 e. The number of amides is 3. The molecule has 0 radical (unpaired) electrons. The third-order valence-corrected chi connectivity index (χ3v) is 6.98. The van der Waals surface area contributed by atoms with E-state index in [1.807, 2.05) is 48.7 Å². The molecule has 1 atom stereocenters. The van der Waals surface area contributed by atoms with Gasteiger partial charge in [-0.1, -0.05) is 12.1 Å². The first-order valence-corrected chi connectivity index (χ1v) is 12.3. The van der Waals surface area contributed by atoms with E-state index in [2.05, 4.69) is 15.6 Å². The van der Waals surface area contributed by atoms with E-state index in [1.54, 1.807) is 16.2 Å². The molecule has 0 unspecified atom stereocenters. The van der Waals surface area contributed by atoms with Gasteiger partial charge in [0.25, 0.3) is 0 Å². The Balaban J connectivity index is 1.39. The molecule has 10 heteroatoms. The lowest BCUT2D eigenvalue weighted by molar-refractivity contribution is -0.122. The summed E-state index contributed by atoms with van der Waals surface area (Å²) >= 11 is 2.88. The lowest BCUT2D eigenvalue weighted by atomic mass is 10.1. The predicted molar refractivity (Wildman–Crippen MR) is 130 cm³/mol. The first kappa shape index (κ1) is 22.9. The number of nitrogens with one attached hydrogen (secondary N) is 2. The summed E-state index contributed by atoms with van der Waals surface area (Å²) < 4.78 is 5.64. The smallest absolute Gasteiger partial charge is 0.231 e. The van der Waals surface area contributed by atoms with Crippen molar-refractivity contribution in [1.82, 2.24) is 10.3 Å². The number of hydrogen-bond donors (Lipinski definition) is 2. The van der Waals surface area contributed by atoms with Crippen LogP contribution in [0, 0.1) is 5.92 Å². The molecule has 8 nitrogen and oxygen atoms in total. The summed E-state index contributed by atoms with van der Waals surface area (Å²) in [5.74, 6) is -0.238. The molecule has 3 heterocycles. The van der Waals surface area contributed by atoms with Crippen LogP contribution in [0.1, 0.15) is 25.1 Å². The van der Waals surface area contributed by atoms with Crippen LogP contribution in [0.2, 0.25) is 0 Å². The molecule has 0 spiro atoms. The van der Waals surface area contributed by atoms with Crippen molar-refractivity contribution < 1.29 is 19.1 Å². The summed E-state index contributed by atoms with van der Waals surface area (Å²) in [6.45, 7) is 4.64. The fraction of sp³-hybridized carbons (Fsp3) is 0.304. The number of benzene rings is 1. The number of hydrogen-bond acceptors (Lipinski definition) is 7. The van der Waals surface area contributed by atoms with Crippen molar-refractivity contribution >= 4 is 51.2 Å². The van der Waals surface area contributed by atoms with Crippen LogP contribution in [0.4, 0.5) is 10.8 Å². The van der Waals surface area contributed by atoms with Gasteiger partial charge in [0.2, 0.25) is 17.7 Å². The SMILES string of the molecule is CCOc1ccccc1N1C[C@@H](C(=O)Nc2nc(-c3ccc(CNC(C)=O)s3)cs2)CC1=O. The summed E-state index contributed by atoms with van der Waals surface area (Å²) in [7, 11) is 0. The number of ether oxygens (including phenoxy) is 1. The molecule has 3 amide bonds. The quantitative estimate of drug-likeness (QED) is 0.505. The summed E-state index contributed by atoms with van der Waals surface area (Å²) in [5, 5.41) is 8.01. The first-order valence-electron chi connectivity index (χ1n) is 10.6. The number of para-hydroxylation sites is 2. The molecule has 3 aromatic rings. The van der Waals surface area contributed by atoms with Crippen molar-refractivity contribution in [3.8, 4) is 16.3 Å². The van der Waals surface area contributed by atoms with E-state index in [0.717, 1.165) is 15.4 Å². The summed E-state index contributed by atoms with van der Waals surface area (Å²) in [6, 6.07) is 11.3. The molecular weight excluding hydrogens is 460 g/mol. The summed E-state index contributed by atoms with van der Waals surface area (Å²) in [5.41, 5.74) is 1.45. The third kappa shape index (κ3) is 5.40. The molecule has 0 aliphatic carbocycles. The number of thiophene rings is 1. The molecule has 0 saturated carbocycles. The zero-order valence-electron chi connectivity index (χ0n) is 18.3. The number of aromatic nitrogens is 1. The van der Waals surface area contributed by atoms with Crippen LogP contribution >= 0.6 is 22.7 Å². The van der Waals surface area contributed by atoms with Gasteiger partial charge >= 0.3 is 0 Å². The van der Waals surface area contributed by atoms with Gasteiger partial charge in [-0.15, -0.1) is 22.7 Å². The van der Waals surface area contributed by atoms with E-state index in [-0.39, 0.29) is 24.1 Å². The van der Waals surface area contributed by atoms with Gasteiger partial charge in [0.05, 0.1) is 35.3 Å². The van der Waals surface area contributed by atoms with Crippen LogP contribution in [0.15, 0.2) is 41.8 Å². The van der Waals surface area contributed by atoms with Crippen LogP contribution in [-0.4, -0.2) is 35.9 Å². The predicted octanol–water partition coefficient (Wildman–Crippen LogP) is 3.90. The normalized spacial score (nSPS) is 15.5. The van der Waals surface area contributed by atoms with Gasteiger partial charge in [-0.3, -0.25) is 14.4 Å². The second-order valence-corrected chi connectivity index (χ2v) is 9.54. The molecule has 2 N–H and O–H groups in total. The molecule has 1 fully saturated rings. The Hall–Kier alpha value is -3.24. The lowest BCUT2D eigenvalue weighted by Gasteiger charge is -2.20. The van der Waals surface area contributed by atoms with Crippen molar-refractivity contribution in [2.75, 3.05) is 23.4 Å². The molecule has 172 valence electrons. The van der Waals surface area contributed by atoms with Crippen LogP contribution < -0.4 is 20.3 Å². The van der Waals surface area contributed by atoms with E-state index in [9.17, 15) is 14.4 Å². The Morgan fingerprint density at radius 2 is 2.06 bits per heavy atom. The third-order valence-electron chi connectivity index (χ3n) is 5.11. The monoisotopic (exact) mass is 484 g/mol. The molecule has 2 aromatic heterocycles. The van der Waals surface area contributed by atoms with Crippen LogP contribution in [-0.2, 0) is 20.9 Å². The number of rotatable bonds is 8. The van der Waals surface area contributed by atoms with Gasteiger partial charge in [-0.25, -0.2) is 4.98 Å². The highest BCUT2D eigenvalue weighted by Crippen LogP contribution is 2.34. The van der Waals surface area contributed by atoms with Crippen molar-refractivity contribution in [2.24, 2.45) is 5.92 Å². The van der Waals surface area contributed by atoms with Crippen LogP contribution in [0.3, 0.4) is 0 Å². The second kappa shape index (κ2) is 10.1. The number of nitrogens with zero attached hydrogens (tertiary/aromatic N) is 2. The fourth-order valence-electron chi connectivity index (χ4n) is 3.55. The number of anilines is 2. The fourth-order valence-corrected chi connectivity index (χ4v) is 5.24. The van der Waals surface area contributed by atoms with Gasteiger partial charge in [0.15, 0.2) is 5.13 Å². The van der Waals surface area contributed by atoms with Crippen molar-refractivity contribution in [3.63, 3.8) is 0 Å². The Bertz CT molecular complexity index is 1170. The summed E-state index contributed by atoms with van der Waals surface area (Å²) in [6.07, 6.45) is 0.141. The van der Waals surface area contributed by atoms with Crippen LogP contribution in [0.5, 0.6) is 5.75 Å². The number of carbonyl (C=O) groups excluding carboxylic acids is 3. The Morgan fingerprint density at radius 1 is 1.24 bits per heavy atom. The minimum Gasteiger partial charge on any atom is -0.492 e. The number of thiazole rings is 1. The van der Waals surface area contributed by atoms with E-state index < -0.39 is 5.92 Å². The van der Waals surface area contributed by atoms with Gasteiger partial charge in [0.1, 0.15) is 5.75 Å². The number of carbonyl (C=O) groups is 3. The maximum atomic E-state index is 12.9. The van der Waals surface area contributed by atoms with Crippen LogP contribution in [0.25, 0.3) is 10.6 Å². The molecule has 33 heavy (non-hydrogen) atoms. The zero-order chi connectivity index (χ0) is 23.4. The van der Waals surface area contributed by atoms with E-state index in [1.165, 1.54) is 18.3 Å². The highest BCUT2D eigenvalue weighted by molar-refractivity contribution is 7.17. The van der Waals surface area contributed by atoms with Gasteiger partial charge < -0.3 is 20.3 Å². The minimum atomic E-state index is -0.467. The topological polar surface area (TPSA) is 101 Å². The molecule has 1 aliphatic rings. The zero-order valence-corrected chi connectivity index (χ0v) is 19.9. The van der Waals surface area contributed by atoms with Crippen molar-refractivity contribution in [1.29, 1.82) is 0 Å². The Labute approximate surface area is 199 Å². The molecular formula is C23H24N4O4S2. The molecule has 0 bridgehead atoms. The standard InChI is InChI=1S/C23H24N4O4S2/c1-3-31-19-7-5-4-6-18(19)27-12-15(10-21(27)29)22(30)26-23-25-17(13-32-23)20-9-8-16(33-20)11-24-14(2)28/h4-9,13,15H,3,10-12H2,1-2H3,(H,24,28)(H,25,26,30)/t15-/m0/s1. The lowest BCUT2D eigenvalue weighted by Crippen LogP contribution is -2.28. The van der Waals surface area contributed by atoms with Gasteiger partial charge in [0, 0.05) is 30.1 Å². The summed E-state index contributed by atoms with van der Waals surface area (Å²) in [4.78, 5) is 44.7. The molecule has 1 aliphatic heterocycles. The first-order chi connectivity index (χ1) is 15.9. The maximum absolute atomic E-state index is 12.9. The van der Waals surface area contributed by atoms with Gasteiger partial charge in [-0.2, -0.15) is 0 Å². The highest BCUT2D eigenvalue weighted by Gasteiger charge is 2.36. The average Bonchev–Trinajstić information content (AvgIpc) is 3.53. The molecule has 1 aromatic carbocycles. The molecule has 1 saturated heterocycles. The second-order valence-electron chi connectivity index (χ2n) is 7.51. The van der Waals surface area contributed by atoms with Crippen molar-refractivity contribution in [2.45, 2.75) is 26.8 Å². The maximum Gasteiger partial charge on any atom is 0.231 e. The van der Waals surface area contributed by atoms with Gasteiger partial charge in [-0.05, 0) is 31.2 Å². The van der Waals surface area contributed by atoms with E-state index in [0.29, 0.717) is 36.3 Å². The Morgan fingerprint density at radius 3 is 2.85 bits per heavy atom. The average molecular weight is 485 g/mol. The van der Waals surface area contributed by atoms with E-state index >= 15 is 0 Å². The highest BCUT2D eigenvalue weighted by atomic mass is 32.1. The van der Waals surface area contributed by atoms with E-state index in [4.69, 9.17) is 4.74 Å². The minimum absolute atomic E-state index is 0.0751. The molecule has 4 rings (SSSR count). The Kier molecular flexibility index (Phi) is 7.05.